The van der Waals surface area contributed by atoms with Crippen molar-refractivity contribution < 1.29 is 9.59 Å². The quantitative estimate of drug-likeness (QED) is 0.675. The Morgan fingerprint density at radius 3 is 2.37 bits per heavy atom. The summed E-state index contributed by atoms with van der Waals surface area (Å²) in [6.07, 6.45) is 3.25. The van der Waals surface area contributed by atoms with Crippen LogP contribution in [0.3, 0.4) is 0 Å². The van der Waals surface area contributed by atoms with E-state index < -0.39 is 0 Å². The van der Waals surface area contributed by atoms with Crippen LogP contribution in [0.25, 0.3) is 16.8 Å². The van der Waals surface area contributed by atoms with Crippen LogP contribution in [0.4, 0.5) is 0 Å². The Morgan fingerprint density at radius 2 is 1.63 bits per heavy atom. The first-order valence-corrected chi connectivity index (χ1v) is 8.87. The number of fused-ring (bicyclic) bond motifs is 1. The van der Waals surface area contributed by atoms with Crippen molar-refractivity contribution in [3.8, 4) is 0 Å². The molecule has 0 saturated carbocycles. The van der Waals surface area contributed by atoms with Gasteiger partial charge in [0.2, 0.25) is 5.91 Å². The van der Waals surface area contributed by atoms with Crippen molar-refractivity contribution in [3.05, 3.63) is 89.5 Å². The fourth-order valence-corrected chi connectivity index (χ4v) is 3.03. The zero-order valence-electron chi connectivity index (χ0n) is 15.4. The molecule has 0 aliphatic heterocycles. The van der Waals surface area contributed by atoms with Crippen LogP contribution in [0, 0.1) is 0 Å². The maximum atomic E-state index is 12.3. The molecule has 0 bridgehead atoms. The number of rotatable bonds is 5. The molecule has 4 heteroatoms. The average Bonchev–Trinajstić information content (AvgIpc) is 2.71. The van der Waals surface area contributed by atoms with Crippen molar-refractivity contribution >= 4 is 28.7 Å². The Bertz CT molecular complexity index is 985. The van der Waals surface area contributed by atoms with Crippen LogP contribution in [0.1, 0.15) is 34.5 Å². The molecule has 0 heterocycles. The highest BCUT2D eigenvalue weighted by molar-refractivity contribution is 5.95. The molecule has 27 heavy (non-hydrogen) atoms. The molecular weight excluding hydrogens is 336 g/mol. The first-order chi connectivity index (χ1) is 13.1. The molecule has 0 fully saturated rings. The number of carbonyl (C=O) groups is 2. The Hall–Kier alpha value is -3.40. The lowest BCUT2D eigenvalue weighted by atomic mass is 10.00. The van der Waals surface area contributed by atoms with Crippen LogP contribution in [0.2, 0.25) is 0 Å². The molecule has 0 radical (unpaired) electrons. The van der Waals surface area contributed by atoms with E-state index in [1.165, 1.54) is 6.08 Å². The van der Waals surface area contributed by atoms with E-state index in [0.717, 1.165) is 21.9 Å². The van der Waals surface area contributed by atoms with E-state index >= 15 is 0 Å². The second kappa shape index (κ2) is 8.32. The van der Waals surface area contributed by atoms with Gasteiger partial charge in [0.25, 0.3) is 5.91 Å². The third-order valence-corrected chi connectivity index (χ3v) is 4.48. The van der Waals surface area contributed by atoms with Crippen molar-refractivity contribution in [2.45, 2.75) is 13.0 Å². The lowest BCUT2D eigenvalue weighted by molar-refractivity contribution is -0.117. The van der Waals surface area contributed by atoms with Crippen LogP contribution in [-0.2, 0) is 4.79 Å². The van der Waals surface area contributed by atoms with E-state index in [0.29, 0.717) is 5.56 Å². The van der Waals surface area contributed by atoms with E-state index in [4.69, 9.17) is 0 Å². The molecular formula is C23H22N2O2. The topological polar surface area (TPSA) is 58.2 Å². The average molecular weight is 358 g/mol. The Morgan fingerprint density at radius 1 is 0.926 bits per heavy atom. The summed E-state index contributed by atoms with van der Waals surface area (Å²) >= 11 is 0. The van der Waals surface area contributed by atoms with Gasteiger partial charge in [-0.15, -0.1) is 0 Å². The van der Waals surface area contributed by atoms with Gasteiger partial charge in [-0.3, -0.25) is 9.59 Å². The van der Waals surface area contributed by atoms with Gasteiger partial charge >= 0.3 is 0 Å². The summed E-state index contributed by atoms with van der Waals surface area (Å²) in [7, 11) is 1.59. The minimum atomic E-state index is -0.161. The monoisotopic (exact) mass is 358 g/mol. The van der Waals surface area contributed by atoms with Crippen LogP contribution in [-0.4, -0.2) is 18.9 Å². The normalized spacial score (nSPS) is 12.1. The van der Waals surface area contributed by atoms with E-state index in [2.05, 4.69) is 28.8 Å². The standard InChI is InChI=1S/C23H22N2O2/c1-16(20-9-5-7-18-6-3-4-8-21(18)20)25-22(26)15-12-17-10-13-19(14-11-17)23(27)24-2/h3-16H,1-2H3,(H,24,27)(H,25,26)/b15-12+. The number of hydrogen-bond donors (Lipinski definition) is 2. The van der Waals surface area contributed by atoms with E-state index in [1.54, 1.807) is 25.3 Å². The van der Waals surface area contributed by atoms with Crippen molar-refractivity contribution in [2.75, 3.05) is 7.05 Å². The molecule has 3 rings (SSSR count). The summed E-state index contributed by atoms with van der Waals surface area (Å²) < 4.78 is 0. The number of amides is 2. The van der Waals surface area contributed by atoms with E-state index in [-0.39, 0.29) is 17.9 Å². The molecule has 0 aromatic heterocycles. The van der Waals surface area contributed by atoms with Crippen molar-refractivity contribution in [3.63, 3.8) is 0 Å². The van der Waals surface area contributed by atoms with Gasteiger partial charge in [0.05, 0.1) is 6.04 Å². The predicted molar refractivity (Wildman–Crippen MR) is 109 cm³/mol. The third-order valence-electron chi connectivity index (χ3n) is 4.48. The molecule has 0 aliphatic carbocycles. The fourth-order valence-electron chi connectivity index (χ4n) is 3.03. The molecule has 3 aromatic carbocycles. The Labute approximate surface area is 158 Å². The SMILES string of the molecule is CNC(=O)c1ccc(/C=C/C(=O)NC(C)c2cccc3ccccc23)cc1. The molecule has 1 atom stereocenters. The van der Waals surface area contributed by atoms with Gasteiger partial charge in [0.1, 0.15) is 0 Å². The molecule has 0 aliphatic rings. The van der Waals surface area contributed by atoms with Crippen LogP contribution in [0.5, 0.6) is 0 Å². The van der Waals surface area contributed by atoms with Gasteiger partial charge in [-0.05, 0) is 47.0 Å². The Balaban J connectivity index is 1.68. The first kappa shape index (κ1) is 18.4. The molecule has 2 amide bonds. The molecule has 136 valence electrons. The highest BCUT2D eigenvalue weighted by atomic mass is 16.2. The second-order valence-corrected chi connectivity index (χ2v) is 6.33. The van der Waals surface area contributed by atoms with E-state index in [1.807, 2.05) is 43.3 Å². The second-order valence-electron chi connectivity index (χ2n) is 6.33. The third kappa shape index (κ3) is 4.42. The van der Waals surface area contributed by atoms with Crippen LogP contribution >= 0.6 is 0 Å². The molecule has 1 unspecified atom stereocenters. The number of nitrogens with one attached hydrogen (secondary N) is 2. The van der Waals surface area contributed by atoms with Gasteiger partial charge in [-0.2, -0.15) is 0 Å². The molecule has 3 aromatic rings. The van der Waals surface area contributed by atoms with Gasteiger partial charge in [0.15, 0.2) is 0 Å². The summed E-state index contributed by atoms with van der Waals surface area (Å²) in [4.78, 5) is 23.8. The largest absolute Gasteiger partial charge is 0.355 e. The number of hydrogen-bond acceptors (Lipinski definition) is 2. The van der Waals surface area contributed by atoms with Gasteiger partial charge < -0.3 is 10.6 Å². The lowest BCUT2D eigenvalue weighted by Gasteiger charge is -2.15. The highest BCUT2D eigenvalue weighted by Crippen LogP contribution is 2.24. The molecule has 0 saturated heterocycles. The minimum Gasteiger partial charge on any atom is -0.355 e. The number of benzene rings is 3. The van der Waals surface area contributed by atoms with Crippen molar-refractivity contribution in [1.82, 2.24) is 10.6 Å². The summed E-state index contributed by atoms with van der Waals surface area (Å²) in [6.45, 7) is 1.98. The summed E-state index contributed by atoms with van der Waals surface area (Å²) in [6, 6.07) is 21.2. The van der Waals surface area contributed by atoms with Gasteiger partial charge in [-0.25, -0.2) is 0 Å². The summed E-state index contributed by atoms with van der Waals surface area (Å²) in [5, 5.41) is 7.88. The number of carbonyl (C=O) groups excluding carboxylic acids is 2. The van der Waals surface area contributed by atoms with Crippen LogP contribution < -0.4 is 10.6 Å². The smallest absolute Gasteiger partial charge is 0.251 e. The summed E-state index contributed by atoms with van der Waals surface area (Å²) in [5.74, 6) is -0.294. The molecule has 0 spiro atoms. The lowest BCUT2D eigenvalue weighted by Crippen LogP contribution is -2.24. The van der Waals surface area contributed by atoms with Gasteiger partial charge in [-0.1, -0.05) is 54.6 Å². The maximum absolute atomic E-state index is 12.3. The van der Waals surface area contributed by atoms with Crippen molar-refractivity contribution in [2.24, 2.45) is 0 Å². The first-order valence-electron chi connectivity index (χ1n) is 8.87. The molecule has 2 N–H and O–H groups in total. The van der Waals surface area contributed by atoms with Crippen molar-refractivity contribution in [1.29, 1.82) is 0 Å². The minimum absolute atomic E-state index is 0.108. The fraction of sp³-hybridized carbons (Fsp3) is 0.130. The zero-order valence-corrected chi connectivity index (χ0v) is 15.4. The van der Waals surface area contributed by atoms with E-state index in [9.17, 15) is 9.59 Å². The zero-order chi connectivity index (χ0) is 19.2. The highest BCUT2D eigenvalue weighted by Gasteiger charge is 2.10. The maximum Gasteiger partial charge on any atom is 0.251 e. The predicted octanol–water partition coefficient (Wildman–Crippen LogP) is 4.09. The Kier molecular flexibility index (Phi) is 5.67. The molecule has 4 nitrogen and oxygen atoms in total. The van der Waals surface area contributed by atoms with Gasteiger partial charge in [0, 0.05) is 18.7 Å². The summed E-state index contributed by atoms with van der Waals surface area (Å²) in [5.41, 5.74) is 2.53. The van der Waals surface area contributed by atoms with Crippen LogP contribution in [0.15, 0.2) is 72.8 Å².